The van der Waals surface area contributed by atoms with E-state index in [1.807, 2.05) is 0 Å². The van der Waals surface area contributed by atoms with Crippen LogP contribution in [-0.4, -0.2) is 33.2 Å². The molecule has 8 heteroatoms. The maximum atomic E-state index is 13.1. The molecule has 0 amide bonds. The van der Waals surface area contributed by atoms with Gasteiger partial charge in [-0.05, 0) is 55.3 Å². The van der Waals surface area contributed by atoms with Crippen LogP contribution >= 0.6 is 0 Å². The minimum atomic E-state index is -3.83. The monoisotopic (exact) mass is 391 g/mol. The van der Waals surface area contributed by atoms with Gasteiger partial charge in [-0.3, -0.25) is 0 Å². The molecule has 27 heavy (non-hydrogen) atoms. The highest BCUT2D eigenvalue weighted by Gasteiger charge is 2.29. The van der Waals surface area contributed by atoms with Crippen molar-refractivity contribution >= 4 is 16.0 Å². The Morgan fingerprint density at radius 2 is 1.89 bits per heavy atom. The molecule has 3 rings (SSSR count). The zero-order valence-corrected chi connectivity index (χ0v) is 16.1. The third-order valence-electron chi connectivity index (χ3n) is 4.53. The summed E-state index contributed by atoms with van der Waals surface area (Å²) < 4.78 is 39.6. The van der Waals surface area contributed by atoms with E-state index >= 15 is 0 Å². The molecule has 1 aliphatic rings. The number of carbonyl (C=O) groups is 1. The lowest BCUT2D eigenvalue weighted by atomic mass is 9.99. The predicted octanol–water partition coefficient (Wildman–Crippen LogP) is 2.81. The fourth-order valence-corrected chi connectivity index (χ4v) is 5.05. The third-order valence-corrected chi connectivity index (χ3v) is 6.31. The lowest BCUT2D eigenvalue weighted by Crippen LogP contribution is -2.33. The first-order chi connectivity index (χ1) is 12.7. The van der Waals surface area contributed by atoms with Crippen LogP contribution in [0.15, 0.2) is 35.2 Å². The first-order valence-corrected chi connectivity index (χ1v) is 9.89. The Hall–Kier alpha value is -2.58. The molecule has 0 saturated carbocycles. The minimum absolute atomic E-state index is 0.0836. The molecule has 7 nitrogen and oxygen atoms in total. The number of nitrogens with one attached hydrogen (secondary N) is 1. The van der Waals surface area contributed by atoms with Crippen LogP contribution in [0.25, 0.3) is 0 Å². The van der Waals surface area contributed by atoms with Crippen molar-refractivity contribution in [2.24, 2.45) is 0 Å². The van der Waals surface area contributed by atoms with Crippen LogP contribution < -0.4 is 14.2 Å². The number of methoxy groups -OCH3 is 1. The van der Waals surface area contributed by atoms with Crippen LogP contribution in [0.1, 0.15) is 39.5 Å². The van der Waals surface area contributed by atoms with Crippen molar-refractivity contribution in [3.63, 3.8) is 0 Å². The third kappa shape index (κ3) is 3.77. The van der Waals surface area contributed by atoms with Crippen molar-refractivity contribution in [3.8, 4) is 11.5 Å². The molecule has 2 aromatic carbocycles. The fourth-order valence-electron chi connectivity index (χ4n) is 3.35. The fraction of sp³-hybridized carbons (Fsp3) is 0.316. The van der Waals surface area contributed by atoms with Gasteiger partial charge in [-0.2, -0.15) is 0 Å². The zero-order chi connectivity index (χ0) is 19.8. The Bertz CT molecular complexity index is 976. The van der Waals surface area contributed by atoms with Crippen molar-refractivity contribution in [3.05, 3.63) is 52.6 Å². The molecule has 1 atom stereocenters. The van der Waals surface area contributed by atoms with Crippen LogP contribution in [0, 0.1) is 13.8 Å². The summed E-state index contributed by atoms with van der Waals surface area (Å²) in [6.07, 6.45) is 0.406. The van der Waals surface area contributed by atoms with Crippen molar-refractivity contribution in [1.29, 1.82) is 0 Å². The standard InChI is InChI=1S/C19H21NO6S/c1-11-8-14(25-3)9-12(2)18(11)27(23,24)20-16-6-7-26-17-5-4-13(19(21)22)10-15(16)17/h4-5,8-10,16,20H,6-7H2,1-3H3,(H,21,22)/t16-/m1/s1. The quantitative estimate of drug-likeness (QED) is 0.813. The largest absolute Gasteiger partial charge is 0.497 e. The van der Waals surface area contributed by atoms with Crippen molar-refractivity contribution in [2.45, 2.75) is 31.2 Å². The van der Waals surface area contributed by atoms with Gasteiger partial charge in [0.05, 0.1) is 30.2 Å². The number of hydrogen-bond acceptors (Lipinski definition) is 5. The van der Waals surface area contributed by atoms with E-state index < -0.39 is 22.0 Å². The number of carboxylic acids is 1. The zero-order valence-electron chi connectivity index (χ0n) is 15.3. The lowest BCUT2D eigenvalue weighted by Gasteiger charge is -2.27. The topological polar surface area (TPSA) is 102 Å². The van der Waals surface area contributed by atoms with Crippen molar-refractivity contribution in [2.75, 3.05) is 13.7 Å². The molecule has 144 valence electrons. The van der Waals surface area contributed by atoms with Gasteiger partial charge in [-0.25, -0.2) is 17.9 Å². The van der Waals surface area contributed by atoms with E-state index in [2.05, 4.69) is 4.72 Å². The van der Waals surface area contributed by atoms with Gasteiger partial charge in [0.1, 0.15) is 11.5 Å². The average Bonchev–Trinajstić information content (AvgIpc) is 2.60. The summed E-state index contributed by atoms with van der Waals surface area (Å²) >= 11 is 0. The summed E-state index contributed by atoms with van der Waals surface area (Å²) in [7, 11) is -2.30. The number of ether oxygens (including phenoxy) is 2. The highest BCUT2D eigenvalue weighted by molar-refractivity contribution is 7.89. The molecule has 1 aliphatic heterocycles. The second kappa shape index (κ2) is 7.21. The van der Waals surface area contributed by atoms with Gasteiger partial charge in [-0.1, -0.05) is 0 Å². The summed E-state index contributed by atoms with van der Waals surface area (Å²) in [6, 6.07) is 7.22. The number of rotatable bonds is 5. The molecule has 0 aromatic heterocycles. The Morgan fingerprint density at radius 1 is 1.22 bits per heavy atom. The summed E-state index contributed by atoms with van der Waals surface area (Å²) in [5.41, 5.74) is 1.76. The van der Waals surface area contributed by atoms with E-state index in [4.69, 9.17) is 9.47 Å². The summed E-state index contributed by atoms with van der Waals surface area (Å²) in [5.74, 6) is 0.000380. The van der Waals surface area contributed by atoms with E-state index in [0.29, 0.717) is 41.2 Å². The molecular weight excluding hydrogens is 370 g/mol. The number of aromatic carboxylic acids is 1. The number of aryl methyl sites for hydroxylation is 2. The Balaban J connectivity index is 1.99. The van der Waals surface area contributed by atoms with Gasteiger partial charge in [0, 0.05) is 12.0 Å². The molecule has 0 unspecified atom stereocenters. The Labute approximate surface area is 158 Å². The first kappa shape index (κ1) is 19.2. The number of sulfonamides is 1. The van der Waals surface area contributed by atoms with Gasteiger partial charge in [0.2, 0.25) is 10.0 Å². The second-order valence-electron chi connectivity index (χ2n) is 6.46. The summed E-state index contributed by atoms with van der Waals surface area (Å²) in [5, 5.41) is 9.21. The van der Waals surface area contributed by atoms with Crippen molar-refractivity contribution < 1.29 is 27.8 Å². The Morgan fingerprint density at radius 3 is 2.48 bits per heavy atom. The molecule has 0 bridgehead atoms. The first-order valence-electron chi connectivity index (χ1n) is 8.40. The van der Waals surface area contributed by atoms with Crippen LogP contribution in [0.4, 0.5) is 0 Å². The van der Waals surface area contributed by atoms with Gasteiger partial charge < -0.3 is 14.6 Å². The van der Waals surface area contributed by atoms with E-state index in [-0.39, 0.29) is 10.5 Å². The summed E-state index contributed by atoms with van der Waals surface area (Å²) in [4.78, 5) is 11.5. The van der Waals surface area contributed by atoms with Gasteiger partial charge in [-0.15, -0.1) is 0 Å². The molecular formula is C19H21NO6S. The Kier molecular flexibility index (Phi) is 5.12. The van der Waals surface area contributed by atoms with Gasteiger partial charge in [0.15, 0.2) is 0 Å². The maximum absolute atomic E-state index is 13.1. The average molecular weight is 391 g/mol. The maximum Gasteiger partial charge on any atom is 0.335 e. The molecule has 2 N–H and O–H groups in total. The number of carboxylic acid groups (broad SMARTS) is 1. The SMILES string of the molecule is COc1cc(C)c(S(=O)(=O)N[C@@H]2CCOc3ccc(C(=O)O)cc32)c(C)c1. The van der Waals surface area contributed by atoms with Crippen LogP contribution in [0.5, 0.6) is 11.5 Å². The second-order valence-corrected chi connectivity index (χ2v) is 8.11. The van der Waals surface area contributed by atoms with Crippen LogP contribution in [0.2, 0.25) is 0 Å². The van der Waals surface area contributed by atoms with E-state index in [1.165, 1.54) is 19.2 Å². The van der Waals surface area contributed by atoms with Crippen LogP contribution in [-0.2, 0) is 10.0 Å². The molecule has 1 heterocycles. The molecule has 2 aromatic rings. The van der Waals surface area contributed by atoms with E-state index in [1.54, 1.807) is 32.0 Å². The molecule has 0 fully saturated rings. The van der Waals surface area contributed by atoms with Crippen LogP contribution in [0.3, 0.4) is 0 Å². The van der Waals surface area contributed by atoms with Gasteiger partial charge >= 0.3 is 5.97 Å². The lowest BCUT2D eigenvalue weighted by molar-refractivity contribution is 0.0696. The molecule has 0 radical (unpaired) electrons. The van der Waals surface area contributed by atoms with Gasteiger partial charge in [0.25, 0.3) is 0 Å². The molecule has 0 saturated heterocycles. The molecule has 0 spiro atoms. The minimum Gasteiger partial charge on any atom is -0.497 e. The normalized spacial score (nSPS) is 16.3. The predicted molar refractivity (Wildman–Crippen MR) is 99.0 cm³/mol. The number of hydrogen-bond donors (Lipinski definition) is 2. The van der Waals surface area contributed by atoms with E-state index in [9.17, 15) is 18.3 Å². The highest BCUT2D eigenvalue weighted by Crippen LogP contribution is 2.35. The highest BCUT2D eigenvalue weighted by atomic mass is 32.2. The summed E-state index contributed by atoms with van der Waals surface area (Å²) in [6.45, 7) is 3.77. The number of benzene rings is 2. The molecule has 0 aliphatic carbocycles. The smallest absolute Gasteiger partial charge is 0.335 e. The van der Waals surface area contributed by atoms with E-state index in [0.717, 1.165) is 0 Å². The number of fused-ring (bicyclic) bond motifs is 1. The van der Waals surface area contributed by atoms with Crippen molar-refractivity contribution in [1.82, 2.24) is 4.72 Å².